The first-order valence-electron chi connectivity index (χ1n) is 5.15. The number of benzene rings is 1. The lowest BCUT2D eigenvalue weighted by atomic mass is 9.80. The third kappa shape index (κ3) is 1.20. The summed E-state index contributed by atoms with van der Waals surface area (Å²) < 4.78 is 10.6. The number of aryl methyl sites for hydroxylation is 1. The number of aromatic nitrogens is 1. The molecule has 1 aliphatic heterocycles. The van der Waals surface area contributed by atoms with E-state index in [1.165, 1.54) is 0 Å². The Morgan fingerprint density at radius 2 is 2.25 bits per heavy atom. The van der Waals surface area contributed by atoms with Crippen LogP contribution in [0.2, 0.25) is 0 Å². The number of carbonyl (C=O) groups is 1. The molecule has 2 aromatic rings. The highest BCUT2D eigenvalue weighted by Gasteiger charge is 2.40. The molecule has 1 fully saturated rings. The number of nitrogens with zero attached hydrogens (tertiary/aromatic N) is 1. The van der Waals surface area contributed by atoms with Gasteiger partial charge in [0.1, 0.15) is 11.8 Å². The number of aldehydes is 1. The Balaban J connectivity index is 2.13. The van der Waals surface area contributed by atoms with Crippen molar-refractivity contribution in [2.75, 3.05) is 13.2 Å². The molecule has 3 rings (SSSR count). The first kappa shape index (κ1) is 9.54. The van der Waals surface area contributed by atoms with Gasteiger partial charge in [0.25, 0.3) is 0 Å². The largest absolute Gasteiger partial charge is 0.441 e. The molecule has 0 bridgehead atoms. The third-order valence-corrected chi connectivity index (χ3v) is 3.02. The molecule has 1 aromatic carbocycles. The van der Waals surface area contributed by atoms with E-state index in [1.807, 2.05) is 25.1 Å². The van der Waals surface area contributed by atoms with Gasteiger partial charge in [-0.1, -0.05) is 6.07 Å². The van der Waals surface area contributed by atoms with Crippen LogP contribution in [0.25, 0.3) is 11.1 Å². The molecule has 1 aromatic heterocycles. The minimum Gasteiger partial charge on any atom is -0.441 e. The Morgan fingerprint density at radius 3 is 2.88 bits per heavy atom. The zero-order valence-electron chi connectivity index (χ0n) is 8.90. The van der Waals surface area contributed by atoms with Crippen LogP contribution >= 0.6 is 0 Å². The Labute approximate surface area is 92.2 Å². The average molecular weight is 217 g/mol. The van der Waals surface area contributed by atoms with Gasteiger partial charge >= 0.3 is 0 Å². The third-order valence-electron chi connectivity index (χ3n) is 3.02. The molecule has 4 nitrogen and oxygen atoms in total. The Morgan fingerprint density at radius 1 is 1.44 bits per heavy atom. The van der Waals surface area contributed by atoms with E-state index in [2.05, 4.69) is 4.98 Å². The molecule has 1 aliphatic rings. The molecule has 0 saturated carbocycles. The fraction of sp³-hybridized carbons (Fsp3) is 0.333. The molecular weight excluding hydrogens is 206 g/mol. The Bertz CT molecular complexity index is 554. The Kier molecular flexibility index (Phi) is 1.88. The van der Waals surface area contributed by atoms with E-state index in [-0.39, 0.29) is 0 Å². The molecule has 0 radical (unpaired) electrons. The molecule has 0 aliphatic carbocycles. The second-order valence-corrected chi connectivity index (χ2v) is 4.18. The van der Waals surface area contributed by atoms with Gasteiger partial charge in [-0.2, -0.15) is 0 Å². The molecule has 0 unspecified atom stereocenters. The van der Waals surface area contributed by atoms with Crippen molar-refractivity contribution in [2.45, 2.75) is 12.3 Å². The van der Waals surface area contributed by atoms with Gasteiger partial charge in [0.05, 0.1) is 18.6 Å². The number of rotatable bonds is 2. The fourth-order valence-electron chi connectivity index (χ4n) is 1.97. The maximum atomic E-state index is 11.1. The van der Waals surface area contributed by atoms with Gasteiger partial charge in [0, 0.05) is 6.92 Å². The van der Waals surface area contributed by atoms with Gasteiger partial charge in [0.15, 0.2) is 11.5 Å². The lowest BCUT2D eigenvalue weighted by molar-refractivity contribution is -0.129. The van der Waals surface area contributed by atoms with Gasteiger partial charge in [-0.25, -0.2) is 4.98 Å². The second-order valence-electron chi connectivity index (χ2n) is 4.18. The number of ether oxygens (including phenoxy) is 1. The summed E-state index contributed by atoms with van der Waals surface area (Å²) in [7, 11) is 0. The van der Waals surface area contributed by atoms with Crippen LogP contribution in [0.15, 0.2) is 22.6 Å². The van der Waals surface area contributed by atoms with E-state index in [9.17, 15) is 4.79 Å². The summed E-state index contributed by atoms with van der Waals surface area (Å²) in [5, 5.41) is 0. The van der Waals surface area contributed by atoms with E-state index in [0.29, 0.717) is 19.1 Å². The number of oxazole rings is 1. The van der Waals surface area contributed by atoms with Crippen LogP contribution in [0, 0.1) is 6.92 Å². The summed E-state index contributed by atoms with van der Waals surface area (Å²) in [6.45, 7) is 2.71. The molecule has 16 heavy (non-hydrogen) atoms. The zero-order chi connectivity index (χ0) is 11.2. The van der Waals surface area contributed by atoms with Crippen LogP contribution in [0.1, 0.15) is 11.5 Å². The van der Waals surface area contributed by atoms with Crippen LogP contribution in [-0.4, -0.2) is 24.5 Å². The highest BCUT2D eigenvalue weighted by Crippen LogP contribution is 2.32. The van der Waals surface area contributed by atoms with Gasteiger partial charge in [-0.3, -0.25) is 0 Å². The van der Waals surface area contributed by atoms with Crippen molar-refractivity contribution in [3.8, 4) is 0 Å². The zero-order valence-corrected chi connectivity index (χ0v) is 8.90. The predicted molar refractivity (Wildman–Crippen MR) is 57.3 cm³/mol. The van der Waals surface area contributed by atoms with Gasteiger partial charge in [0.2, 0.25) is 0 Å². The lowest BCUT2D eigenvalue weighted by Gasteiger charge is -2.36. The maximum Gasteiger partial charge on any atom is 0.192 e. The SMILES string of the molecule is Cc1nc2ccc(C3(C=O)COC3)cc2o1. The average Bonchev–Trinajstić information content (AvgIpc) is 2.56. The van der Waals surface area contributed by atoms with E-state index >= 15 is 0 Å². The molecular formula is C12H11NO3. The second kappa shape index (κ2) is 3.15. The summed E-state index contributed by atoms with van der Waals surface area (Å²) in [6, 6.07) is 5.68. The monoisotopic (exact) mass is 217 g/mol. The summed E-state index contributed by atoms with van der Waals surface area (Å²) in [4.78, 5) is 15.3. The topological polar surface area (TPSA) is 52.3 Å². The highest BCUT2D eigenvalue weighted by molar-refractivity contribution is 5.78. The van der Waals surface area contributed by atoms with Crippen molar-refractivity contribution in [3.63, 3.8) is 0 Å². The van der Waals surface area contributed by atoms with Crippen LogP contribution in [0.5, 0.6) is 0 Å². The minimum absolute atomic E-state index is 0.453. The maximum absolute atomic E-state index is 11.1. The van der Waals surface area contributed by atoms with Crippen LogP contribution < -0.4 is 0 Å². The van der Waals surface area contributed by atoms with Crippen LogP contribution in [0.3, 0.4) is 0 Å². The van der Waals surface area contributed by atoms with Crippen molar-refractivity contribution >= 4 is 17.4 Å². The molecule has 0 amide bonds. The highest BCUT2D eigenvalue weighted by atomic mass is 16.5. The molecule has 1 saturated heterocycles. The molecule has 0 N–H and O–H groups in total. The van der Waals surface area contributed by atoms with Crippen LogP contribution in [-0.2, 0) is 14.9 Å². The molecule has 4 heteroatoms. The van der Waals surface area contributed by atoms with Crippen molar-refractivity contribution in [3.05, 3.63) is 29.7 Å². The summed E-state index contributed by atoms with van der Waals surface area (Å²) in [6.07, 6.45) is 0.959. The van der Waals surface area contributed by atoms with Gasteiger partial charge in [-0.15, -0.1) is 0 Å². The van der Waals surface area contributed by atoms with E-state index < -0.39 is 5.41 Å². The van der Waals surface area contributed by atoms with Gasteiger partial charge < -0.3 is 13.9 Å². The summed E-state index contributed by atoms with van der Waals surface area (Å²) >= 11 is 0. The predicted octanol–water partition coefficient (Wildman–Crippen LogP) is 1.60. The number of carbonyl (C=O) groups excluding carboxylic acids is 1. The molecule has 0 spiro atoms. The first-order chi connectivity index (χ1) is 7.73. The molecule has 82 valence electrons. The van der Waals surface area contributed by atoms with Crippen molar-refractivity contribution in [1.82, 2.24) is 4.98 Å². The quantitative estimate of drug-likeness (QED) is 0.717. The summed E-state index contributed by atoms with van der Waals surface area (Å²) in [5.74, 6) is 0.636. The summed E-state index contributed by atoms with van der Waals surface area (Å²) in [5.41, 5.74) is 2.01. The van der Waals surface area contributed by atoms with E-state index in [1.54, 1.807) is 0 Å². The van der Waals surface area contributed by atoms with Crippen molar-refractivity contribution < 1.29 is 13.9 Å². The number of fused-ring (bicyclic) bond motifs is 1. The lowest BCUT2D eigenvalue weighted by Crippen LogP contribution is -2.48. The normalized spacial score (nSPS) is 18.3. The first-order valence-corrected chi connectivity index (χ1v) is 5.15. The molecule has 2 heterocycles. The Hall–Kier alpha value is -1.68. The van der Waals surface area contributed by atoms with Crippen molar-refractivity contribution in [1.29, 1.82) is 0 Å². The van der Waals surface area contributed by atoms with E-state index in [0.717, 1.165) is 22.9 Å². The number of hydrogen-bond donors (Lipinski definition) is 0. The van der Waals surface area contributed by atoms with E-state index in [4.69, 9.17) is 9.15 Å². The molecule has 0 atom stereocenters. The van der Waals surface area contributed by atoms with Crippen LogP contribution in [0.4, 0.5) is 0 Å². The van der Waals surface area contributed by atoms with Gasteiger partial charge in [-0.05, 0) is 17.7 Å². The number of hydrogen-bond acceptors (Lipinski definition) is 4. The van der Waals surface area contributed by atoms with Crippen molar-refractivity contribution in [2.24, 2.45) is 0 Å². The smallest absolute Gasteiger partial charge is 0.192 e. The standard InChI is InChI=1S/C12H11NO3/c1-8-13-10-3-2-9(4-11(10)16-8)12(5-14)6-15-7-12/h2-5H,6-7H2,1H3. The fourth-order valence-corrected chi connectivity index (χ4v) is 1.97. The minimum atomic E-state index is -0.477.